The molecule has 0 radical (unpaired) electrons. The average Bonchev–Trinajstić information content (AvgIpc) is 2.70. The topological polar surface area (TPSA) is 46.5 Å². The van der Waals surface area contributed by atoms with Gasteiger partial charge in [-0.15, -0.1) is 0 Å². The van der Waals surface area contributed by atoms with Crippen LogP contribution in [0, 0.1) is 0 Å². The van der Waals surface area contributed by atoms with E-state index in [1.165, 1.54) is 48.8 Å². The minimum atomic E-state index is -1.22. The summed E-state index contributed by atoms with van der Waals surface area (Å²) in [6, 6.07) is 16.7. The number of carbonyl (C=O) groups is 1. The number of hydrogen-bond donors (Lipinski definition) is 1. The summed E-state index contributed by atoms with van der Waals surface area (Å²) in [5.41, 5.74) is 5.14. The van der Waals surface area contributed by atoms with Crippen molar-refractivity contribution < 1.29 is 14.6 Å². The van der Waals surface area contributed by atoms with E-state index in [2.05, 4.69) is 44.2 Å². The van der Waals surface area contributed by atoms with Gasteiger partial charge in [-0.2, -0.15) is 0 Å². The van der Waals surface area contributed by atoms with Gasteiger partial charge < -0.3 is 9.84 Å². The van der Waals surface area contributed by atoms with Gasteiger partial charge in [-0.25, -0.2) is 4.79 Å². The maximum atomic E-state index is 11.1. The Kier molecular flexibility index (Phi) is 9.61. The zero-order valence-electron chi connectivity index (χ0n) is 17.3. The van der Waals surface area contributed by atoms with E-state index in [1.807, 2.05) is 18.2 Å². The van der Waals surface area contributed by atoms with Crippen LogP contribution in [-0.4, -0.2) is 17.9 Å². The molecule has 0 aliphatic heterocycles. The fourth-order valence-electron chi connectivity index (χ4n) is 3.84. The first-order valence-corrected chi connectivity index (χ1v) is 10.7. The van der Waals surface area contributed by atoms with Crippen molar-refractivity contribution in [3.63, 3.8) is 0 Å². The summed E-state index contributed by atoms with van der Waals surface area (Å²) >= 11 is 0. The lowest BCUT2D eigenvalue weighted by atomic mass is 9.84. The Morgan fingerprint density at radius 1 is 0.893 bits per heavy atom. The fourth-order valence-corrected chi connectivity index (χ4v) is 3.84. The van der Waals surface area contributed by atoms with Crippen molar-refractivity contribution in [1.82, 2.24) is 0 Å². The second kappa shape index (κ2) is 12.2. The van der Waals surface area contributed by atoms with Gasteiger partial charge >= 0.3 is 6.16 Å². The first kappa shape index (κ1) is 22.0. The molecule has 3 nitrogen and oxygen atoms in total. The second-order valence-electron chi connectivity index (χ2n) is 7.44. The lowest BCUT2D eigenvalue weighted by Gasteiger charge is -2.23. The van der Waals surface area contributed by atoms with Crippen LogP contribution in [0.15, 0.2) is 48.5 Å². The molecule has 0 bridgehead atoms. The van der Waals surface area contributed by atoms with E-state index in [0.717, 1.165) is 24.8 Å². The quantitative estimate of drug-likeness (QED) is 0.318. The van der Waals surface area contributed by atoms with Crippen molar-refractivity contribution in [2.75, 3.05) is 6.61 Å². The third-order valence-corrected chi connectivity index (χ3v) is 5.34. The lowest BCUT2D eigenvalue weighted by molar-refractivity contribution is 0.0888. The third-order valence-electron chi connectivity index (χ3n) is 5.34. The summed E-state index contributed by atoms with van der Waals surface area (Å²) in [7, 11) is 0. The van der Waals surface area contributed by atoms with Crippen molar-refractivity contribution in [2.45, 2.75) is 71.1 Å². The van der Waals surface area contributed by atoms with Crippen molar-refractivity contribution in [3.05, 3.63) is 70.8 Å². The molecule has 0 spiro atoms. The molecule has 0 aromatic heterocycles. The van der Waals surface area contributed by atoms with Gasteiger partial charge in [0.15, 0.2) is 0 Å². The molecule has 1 N–H and O–H groups in total. The summed E-state index contributed by atoms with van der Waals surface area (Å²) in [5, 5.41) is 9.07. The maximum absolute atomic E-state index is 11.1. The average molecular weight is 383 g/mol. The molecule has 28 heavy (non-hydrogen) atoms. The molecule has 0 fully saturated rings. The third kappa shape index (κ3) is 6.70. The maximum Gasteiger partial charge on any atom is 0.505 e. The highest BCUT2D eigenvalue weighted by Gasteiger charge is 2.21. The lowest BCUT2D eigenvalue weighted by Crippen LogP contribution is -2.15. The van der Waals surface area contributed by atoms with Gasteiger partial charge in [0, 0.05) is 5.92 Å². The normalized spacial score (nSPS) is 11.9. The molecule has 0 amide bonds. The zero-order chi connectivity index (χ0) is 20.2. The predicted octanol–water partition coefficient (Wildman–Crippen LogP) is 6.98. The number of ether oxygens (including phenoxy) is 1. The Bertz CT molecular complexity index is 709. The molecule has 0 aliphatic rings. The fraction of sp³-hybridized carbons (Fsp3) is 0.480. The van der Waals surface area contributed by atoms with E-state index in [-0.39, 0.29) is 12.5 Å². The van der Waals surface area contributed by atoms with Crippen LogP contribution in [0.5, 0.6) is 0 Å². The van der Waals surface area contributed by atoms with Gasteiger partial charge in [-0.05, 0) is 47.9 Å². The van der Waals surface area contributed by atoms with E-state index in [1.54, 1.807) is 0 Å². The van der Waals surface area contributed by atoms with Crippen LogP contribution in [-0.2, 0) is 17.6 Å². The predicted molar refractivity (Wildman–Crippen MR) is 115 cm³/mol. The van der Waals surface area contributed by atoms with Gasteiger partial charge in [-0.3, -0.25) is 0 Å². The first-order valence-electron chi connectivity index (χ1n) is 10.7. The number of hydrogen-bond acceptors (Lipinski definition) is 2. The molecule has 1 atom stereocenters. The Balaban J connectivity index is 2.40. The zero-order valence-corrected chi connectivity index (χ0v) is 17.3. The highest BCUT2D eigenvalue weighted by atomic mass is 16.7. The highest BCUT2D eigenvalue weighted by Crippen LogP contribution is 2.31. The van der Waals surface area contributed by atoms with Crippen molar-refractivity contribution in [1.29, 1.82) is 0 Å². The Hall–Kier alpha value is -2.29. The number of carboxylic acid groups (broad SMARTS) is 1. The minimum Gasteiger partial charge on any atom is -0.450 e. The van der Waals surface area contributed by atoms with Gasteiger partial charge in [0.2, 0.25) is 0 Å². The number of benzene rings is 2. The molecule has 2 aromatic carbocycles. The molecule has 2 rings (SSSR count). The van der Waals surface area contributed by atoms with Crippen molar-refractivity contribution in [2.24, 2.45) is 0 Å². The van der Waals surface area contributed by atoms with Crippen LogP contribution in [0.4, 0.5) is 4.79 Å². The van der Waals surface area contributed by atoms with Gasteiger partial charge in [0.1, 0.15) is 6.61 Å². The number of aryl methyl sites for hydroxylation is 1. The smallest absolute Gasteiger partial charge is 0.450 e. The molecule has 0 aliphatic carbocycles. The minimum absolute atomic E-state index is 0.0694. The molecule has 0 saturated heterocycles. The van der Waals surface area contributed by atoms with E-state index < -0.39 is 6.16 Å². The Morgan fingerprint density at radius 3 is 2.21 bits per heavy atom. The van der Waals surface area contributed by atoms with Crippen molar-refractivity contribution in [3.8, 4) is 0 Å². The Morgan fingerprint density at radius 2 is 1.57 bits per heavy atom. The van der Waals surface area contributed by atoms with Crippen LogP contribution in [0.2, 0.25) is 0 Å². The van der Waals surface area contributed by atoms with E-state index in [0.29, 0.717) is 0 Å². The molecule has 3 heteroatoms. The van der Waals surface area contributed by atoms with E-state index >= 15 is 0 Å². The van der Waals surface area contributed by atoms with Crippen LogP contribution in [0.3, 0.4) is 0 Å². The second-order valence-corrected chi connectivity index (χ2v) is 7.44. The van der Waals surface area contributed by atoms with Crippen LogP contribution >= 0.6 is 0 Å². The van der Waals surface area contributed by atoms with Crippen LogP contribution in [0.1, 0.15) is 80.5 Å². The molecular weight excluding hydrogens is 348 g/mol. The summed E-state index contributed by atoms with van der Waals surface area (Å²) < 4.78 is 5.05. The first-order chi connectivity index (χ1) is 13.7. The molecular formula is C25H34O3. The van der Waals surface area contributed by atoms with Gasteiger partial charge in [0.05, 0.1) is 0 Å². The van der Waals surface area contributed by atoms with Crippen molar-refractivity contribution >= 4 is 6.16 Å². The largest absolute Gasteiger partial charge is 0.505 e. The SMILES string of the molecule is CCCCCc1cccc(C(COC(=O)O)c2ccccc2)c1CCCCC. The standard InChI is InChI=1S/C25H34O3/c1-3-5-8-13-20-16-12-18-23(22(20)17-9-6-4-2)24(19-28-25(26)27)21-14-10-7-11-15-21/h7,10-12,14-16,18,24H,3-6,8-9,13,17,19H2,1-2H3,(H,26,27). The summed E-state index contributed by atoms with van der Waals surface area (Å²) in [6.45, 7) is 4.60. The molecule has 0 heterocycles. The van der Waals surface area contributed by atoms with Gasteiger partial charge in [0.25, 0.3) is 0 Å². The molecule has 2 aromatic rings. The number of unbranched alkanes of at least 4 members (excludes halogenated alkanes) is 4. The molecule has 0 saturated carbocycles. The molecule has 152 valence electrons. The highest BCUT2D eigenvalue weighted by molar-refractivity contribution is 5.57. The Labute approximate surface area is 169 Å². The number of rotatable bonds is 12. The van der Waals surface area contributed by atoms with Crippen LogP contribution < -0.4 is 0 Å². The summed E-state index contributed by atoms with van der Waals surface area (Å²) in [4.78, 5) is 11.1. The monoisotopic (exact) mass is 382 g/mol. The molecule has 1 unspecified atom stereocenters. The van der Waals surface area contributed by atoms with Crippen LogP contribution in [0.25, 0.3) is 0 Å². The van der Waals surface area contributed by atoms with E-state index in [9.17, 15) is 4.79 Å². The summed E-state index contributed by atoms with van der Waals surface area (Å²) in [6.07, 6.45) is 8.13. The van der Waals surface area contributed by atoms with E-state index in [4.69, 9.17) is 9.84 Å². The summed E-state index contributed by atoms with van der Waals surface area (Å²) in [5.74, 6) is -0.0694. The van der Waals surface area contributed by atoms with Gasteiger partial charge in [-0.1, -0.05) is 88.1 Å².